The van der Waals surface area contributed by atoms with Crippen LogP contribution >= 0.6 is 0 Å². The average Bonchev–Trinajstić information content (AvgIpc) is 2.51. The SMILES string of the molecule is CCC(CC)(CO)CNc1ccc(N)c2cnccc12. The number of rotatable bonds is 6. The maximum Gasteiger partial charge on any atom is 0.0504 e. The second-order valence-electron chi connectivity index (χ2n) is 5.34. The highest BCUT2D eigenvalue weighted by Gasteiger charge is 2.25. The Morgan fingerprint density at radius 3 is 2.60 bits per heavy atom. The molecule has 108 valence electrons. The number of aromatic nitrogens is 1. The van der Waals surface area contributed by atoms with E-state index in [4.69, 9.17) is 5.73 Å². The second kappa shape index (κ2) is 6.09. The molecule has 1 aromatic carbocycles. The lowest BCUT2D eigenvalue weighted by Crippen LogP contribution is -2.32. The lowest BCUT2D eigenvalue weighted by molar-refractivity contribution is 0.127. The minimum absolute atomic E-state index is 0.0687. The van der Waals surface area contributed by atoms with Gasteiger partial charge >= 0.3 is 0 Å². The number of aliphatic hydroxyl groups excluding tert-OH is 1. The average molecular weight is 273 g/mol. The van der Waals surface area contributed by atoms with E-state index in [-0.39, 0.29) is 12.0 Å². The Morgan fingerprint density at radius 2 is 1.95 bits per heavy atom. The van der Waals surface area contributed by atoms with Crippen molar-refractivity contribution in [2.45, 2.75) is 26.7 Å². The third-order valence-corrected chi connectivity index (χ3v) is 4.34. The molecule has 2 rings (SSSR count). The monoisotopic (exact) mass is 273 g/mol. The first kappa shape index (κ1) is 14.6. The molecular weight excluding hydrogens is 250 g/mol. The lowest BCUT2D eigenvalue weighted by atomic mass is 9.83. The predicted octanol–water partition coefficient (Wildman–Crippen LogP) is 3.03. The van der Waals surface area contributed by atoms with Crippen LogP contribution in [0.5, 0.6) is 0 Å². The lowest BCUT2D eigenvalue weighted by Gasteiger charge is -2.30. The van der Waals surface area contributed by atoms with E-state index in [2.05, 4.69) is 24.1 Å². The molecule has 1 heterocycles. The number of aliphatic hydroxyl groups is 1. The van der Waals surface area contributed by atoms with Crippen molar-refractivity contribution in [2.24, 2.45) is 5.41 Å². The Hall–Kier alpha value is -1.81. The largest absolute Gasteiger partial charge is 0.398 e. The molecule has 0 aliphatic rings. The summed E-state index contributed by atoms with van der Waals surface area (Å²) in [6, 6.07) is 5.85. The highest BCUT2D eigenvalue weighted by Crippen LogP contribution is 2.30. The van der Waals surface area contributed by atoms with Crippen LogP contribution < -0.4 is 11.1 Å². The van der Waals surface area contributed by atoms with Crippen molar-refractivity contribution in [1.29, 1.82) is 0 Å². The smallest absolute Gasteiger partial charge is 0.0504 e. The fraction of sp³-hybridized carbons (Fsp3) is 0.438. The van der Waals surface area contributed by atoms with Gasteiger partial charge in [0.1, 0.15) is 0 Å². The molecule has 0 aliphatic carbocycles. The van der Waals surface area contributed by atoms with Gasteiger partial charge in [0, 0.05) is 46.5 Å². The molecule has 0 amide bonds. The summed E-state index contributed by atoms with van der Waals surface area (Å²) in [5, 5.41) is 15.1. The molecule has 0 saturated carbocycles. The zero-order valence-electron chi connectivity index (χ0n) is 12.2. The molecule has 0 spiro atoms. The van der Waals surface area contributed by atoms with Crippen molar-refractivity contribution >= 4 is 22.1 Å². The zero-order chi connectivity index (χ0) is 14.6. The molecule has 0 saturated heterocycles. The number of hydrogen-bond donors (Lipinski definition) is 3. The van der Waals surface area contributed by atoms with Crippen molar-refractivity contribution in [1.82, 2.24) is 4.98 Å². The Kier molecular flexibility index (Phi) is 4.45. The van der Waals surface area contributed by atoms with Crippen LogP contribution in [0.3, 0.4) is 0 Å². The minimum Gasteiger partial charge on any atom is -0.398 e. The highest BCUT2D eigenvalue weighted by molar-refractivity contribution is 6.00. The van der Waals surface area contributed by atoms with Crippen LogP contribution in [0.2, 0.25) is 0 Å². The van der Waals surface area contributed by atoms with E-state index in [0.717, 1.165) is 41.5 Å². The molecule has 1 aromatic heterocycles. The van der Waals surface area contributed by atoms with E-state index >= 15 is 0 Å². The van der Waals surface area contributed by atoms with Gasteiger partial charge in [0.15, 0.2) is 0 Å². The van der Waals surface area contributed by atoms with Crippen LogP contribution in [-0.4, -0.2) is 23.2 Å². The van der Waals surface area contributed by atoms with Gasteiger partial charge in [-0.15, -0.1) is 0 Å². The van der Waals surface area contributed by atoms with E-state index in [1.807, 2.05) is 18.2 Å². The molecular formula is C16H23N3O. The Bertz CT molecular complexity index is 571. The van der Waals surface area contributed by atoms with E-state index in [0.29, 0.717) is 0 Å². The molecule has 0 fully saturated rings. The van der Waals surface area contributed by atoms with E-state index in [9.17, 15) is 5.11 Å². The minimum atomic E-state index is -0.0687. The fourth-order valence-electron chi connectivity index (χ4n) is 2.43. The number of nitrogen functional groups attached to an aromatic ring is 1. The van der Waals surface area contributed by atoms with Gasteiger partial charge in [-0.2, -0.15) is 0 Å². The fourth-order valence-corrected chi connectivity index (χ4v) is 2.43. The highest BCUT2D eigenvalue weighted by atomic mass is 16.3. The number of fused-ring (bicyclic) bond motifs is 1. The second-order valence-corrected chi connectivity index (χ2v) is 5.34. The van der Waals surface area contributed by atoms with Crippen molar-refractivity contribution in [3.05, 3.63) is 30.6 Å². The summed E-state index contributed by atoms with van der Waals surface area (Å²) in [5.74, 6) is 0. The number of hydrogen-bond acceptors (Lipinski definition) is 4. The van der Waals surface area contributed by atoms with Gasteiger partial charge in [-0.25, -0.2) is 0 Å². The molecule has 0 unspecified atom stereocenters. The summed E-state index contributed by atoms with van der Waals surface area (Å²) in [6.45, 7) is 5.18. The number of nitrogens with one attached hydrogen (secondary N) is 1. The van der Waals surface area contributed by atoms with Gasteiger partial charge in [0.25, 0.3) is 0 Å². The Labute approximate surface area is 120 Å². The van der Waals surface area contributed by atoms with Gasteiger partial charge in [-0.1, -0.05) is 13.8 Å². The van der Waals surface area contributed by atoms with E-state index in [1.54, 1.807) is 12.4 Å². The third kappa shape index (κ3) is 2.70. The summed E-state index contributed by atoms with van der Waals surface area (Å²) in [7, 11) is 0. The van der Waals surface area contributed by atoms with Gasteiger partial charge < -0.3 is 16.2 Å². The van der Waals surface area contributed by atoms with Crippen molar-refractivity contribution in [3.8, 4) is 0 Å². The normalized spacial score (nSPS) is 11.8. The quantitative estimate of drug-likeness (QED) is 0.707. The van der Waals surface area contributed by atoms with Gasteiger partial charge in [0.05, 0.1) is 6.61 Å². The maximum atomic E-state index is 9.64. The Morgan fingerprint density at radius 1 is 1.20 bits per heavy atom. The molecule has 2 aromatic rings. The summed E-state index contributed by atoms with van der Waals surface area (Å²) in [4.78, 5) is 4.12. The predicted molar refractivity (Wildman–Crippen MR) is 84.7 cm³/mol. The van der Waals surface area contributed by atoms with E-state index < -0.39 is 0 Å². The summed E-state index contributed by atoms with van der Waals surface area (Å²) < 4.78 is 0. The molecule has 4 heteroatoms. The van der Waals surface area contributed by atoms with Crippen molar-refractivity contribution in [3.63, 3.8) is 0 Å². The molecule has 0 bridgehead atoms. The first-order chi connectivity index (χ1) is 9.65. The van der Waals surface area contributed by atoms with Gasteiger partial charge in [-0.3, -0.25) is 4.98 Å². The Balaban J connectivity index is 2.29. The summed E-state index contributed by atoms with van der Waals surface area (Å²) in [6.07, 6.45) is 5.45. The third-order valence-electron chi connectivity index (χ3n) is 4.34. The van der Waals surface area contributed by atoms with Crippen molar-refractivity contribution < 1.29 is 5.11 Å². The molecule has 4 N–H and O–H groups in total. The number of anilines is 2. The molecule has 0 aliphatic heterocycles. The number of benzene rings is 1. The van der Waals surface area contributed by atoms with Crippen LogP contribution in [-0.2, 0) is 0 Å². The van der Waals surface area contributed by atoms with Crippen LogP contribution in [0, 0.1) is 5.41 Å². The topological polar surface area (TPSA) is 71.2 Å². The van der Waals surface area contributed by atoms with Crippen LogP contribution in [0.15, 0.2) is 30.6 Å². The first-order valence-corrected chi connectivity index (χ1v) is 7.12. The van der Waals surface area contributed by atoms with Gasteiger partial charge in [-0.05, 0) is 31.0 Å². The summed E-state index contributed by atoms with van der Waals surface area (Å²) in [5.41, 5.74) is 7.68. The number of nitrogens with zero attached hydrogens (tertiary/aromatic N) is 1. The standard InChI is InChI=1S/C16H23N3O/c1-3-16(4-2,11-20)10-19-15-6-5-14(17)13-9-18-8-7-12(13)15/h5-9,19-20H,3-4,10-11,17H2,1-2H3. The number of nitrogens with two attached hydrogens (primary N) is 1. The molecule has 0 radical (unpaired) electrons. The molecule has 20 heavy (non-hydrogen) atoms. The first-order valence-electron chi connectivity index (χ1n) is 7.12. The molecule has 4 nitrogen and oxygen atoms in total. The van der Waals surface area contributed by atoms with Crippen LogP contribution in [0.4, 0.5) is 11.4 Å². The number of pyridine rings is 1. The molecule has 0 atom stereocenters. The maximum absolute atomic E-state index is 9.64. The van der Waals surface area contributed by atoms with Gasteiger partial charge in [0.2, 0.25) is 0 Å². The zero-order valence-corrected chi connectivity index (χ0v) is 12.2. The van der Waals surface area contributed by atoms with E-state index in [1.165, 1.54) is 0 Å². The van der Waals surface area contributed by atoms with Crippen LogP contribution in [0.1, 0.15) is 26.7 Å². The summed E-state index contributed by atoms with van der Waals surface area (Å²) >= 11 is 0. The van der Waals surface area contributed by atoms with Crippen LogP contribution in [0.25, 0.3) is 10.8 Å². The van der Waals surface area contributed by atoms with Crippen molar-refractivity contribution in [2.75, 3.05) is 24.2 Å².